The van der Waals surface area contributed by atoms with Crippen molar-refractivity contribution in [3.8, 4) is 0 Å². The summed E-state index contributed by atoms with van der Waals surface area (Å²) in [6.07, 6.45) is 2.25. The van der Waals surface area contributed by atoms with Gasteiger partial charge in [-0.3, -0.25) is 4.79 Å². The molecule has 0 heterocycles. The summed E-state index contributed by atoms with van der Waals surface area (Å²) in [4.78, 5) is 12.4. The lowest BCUT2D eigenvalue weighted by atomic mass is 10.4. The van der Waals surface area contributed by atoms with Crippen LogP contribution in [0.4, 0.5) is 0 Å². The van der Waals surface area contributed by atoms with Crippen molar-refractivity contribution in [1.29, 1.82) is 0 Å². The molecule has 0 radical (unpaired) electrons. The van der Waals surface area contributed by atoms with Crippen molar-refractivity contribution in [3.63, 3.8) is 0 Å². The highest BCUT2D eigenvalue weighted by molar-refractivity contribution is 8.00. The third kappa shape index (κ3) is 3.43. The lowest BCUT2D eigenvalue weighted by Gasteiger charge is -2.04. The van der Waals surface area contributed by atoms with Crippen LogP contribution in [0.1, 0.15) is 12.8 Å². The fraction of sp³-hybridized carbons (Fsp3) is 0.364. The van der Waals surface area contributed by atoms with Crippen molar-refractivity contribution in [1.82, 2.24) is 5.32 Å². The lowest BCUT2D eigenvalue weighted by Crippen LogP contribution is -2.26. The SMILES string of the molecule is O=C(CSc1ccccc1Cl)NC1CC1. The van der Waals surface area contributed by atoms with Crippen molar-refractivity contribution < 1.29 is 4.79 Å². The van der Waals surface area contributed by atoms with Crippen LogP contribution in [-0.2, 0) is 4.79 Å². The summed E-state index contributed by atoms with van der Waals surface area (Å²) < 4.78 is 0. The first kappa shape index (κ1) is 10.8. The van der Waals surface area contributed by atoms with Crippen molar-refractivity contribution >= 4 is 29.3 Å². The maximum absolute atomic E-state index is 11.4. The molecule has 80 valence electrons. The first-order valence-corrected chi connectivity index (χ1v) is 6.29. The van der Waals surface area contributed by atoms with Crippen molar-refractivity contribution in [2.24, 2.45) is 0 Å². The molecule has 0 bridgehead atoms. The van der Waals surface area contributed by atoms with Gasteiger partial charge in [0.05, 0.1) is 10.8 Å². The smallest absolute Gasteiger partial charge is 0.230 e. The Labute approximate surface area is 98.4 Å². The monoisotopic (exact) mass is 241 g/mol. The van der Waals surface area contributed by atoms with Crippen LogP contribution < -0.4 is 5.32 Å². The van der Waals surface area contributed by atoms with Gasteiger partial charge in [0.25, 0.3) is 0 Å². The van der Waals surface area contributed by atoms with Gasteiger partial charge in [-0.2, -0.15) is 0 Å². The quantitative estimate of drug-likeness (QED) is 0.822. The van der Waals surface area contributed by atoms with Crippen LogP contribution in [-0.4, -0.2) is 17.7 Å². The van der Waals surface area contributed by atoms with E-state index in [4.69, 9.17) is 11.6 Å². The highest BCUT2D eigenvalue weighted by atomic mass is 35.5. The maximum Gasteiger partial charge on any atom is 0.230 e. The molecule has 0 atom stereocenters. The van der Waals surface area contributed by atoms with Crippen LogP contribution in [0.2, 0.25) is 5.02 Å². The zero-order chi connectivity index (χ0) is 10.7. The predicted octanol–water partition coefficient (Wildman–Crippen LogP) is 2.71. The van der Waals surface area contributed by atoms with E-state index in [1.165, 1.54) is 11.8 Å². The molecule has 0 aromatic heterocycles. The highest BCUT2D eigenvalue weighted by Crippen LogP contribution is 2.26. The van der Waals surface area contributed by atoms with Gasteiger partial charge >= 0.3 is 0 Å². The van der Waals surface area contributed by atoms with Crippen LogP contribution in [0.25, 0.3) is 0 Å². The fourth-order valence-electron chi connectivity index (χ4n) is 1.20. The Morgan fingerprint density at radius 1 is 1.47 bits per heavy atom. The normalized spacial score (nSPS) is 15.0. The number of thioether (sulfide) groups is 1. The van der Waals surface area contributed by atoms with Crippen LogP contribution >= 0.6 is 23.4 Å². The number of hydrogen-bond acceptors (Lipinski definition) is 2. The number of hydrogen-bond donors (Lipinski definition) is 1. The molecule has 4 heteroatoms. The molecule has 1 aromatic rings. The summed E-state index contributed by atoms with van der Waals surface area (Å²) in [5, 5.41) is 3.65. The zero-order valence-corrected chi connectivity index (χ0v) is 9.77. The van der Waals surface area contributed by atoms with Gasteiger partial charge < -0.3 is 5.32 Å². The second-order valence-electron chi connectivity index (χ2n) is 3.56. The molecule has 0 unspecified atom stereocenters. The number of benzene rings is 1. The topological polar surface area (TPSA) is 29.1 Å². The Hall–Kier alpha value is -0.670. The minimum atomic E-state index is 0.0995. The molecule has 0 spiro atoms. The molecule has 0 aliphatic heterocycles. The van der Waals surface area contributed by atoms with Gasteiger partial charge in [0.2, 0.25) is 5.91 Å². The third-order valence-corrected chi connectivity index (χ3v) is 3.65. The van der Waals surface area contributed by atoms with E-state index in [9.17, 15) is 4.79 Å². The van der Waals surface area contributed by atoms with Gasteiger partial charge in [-0.1, -0.05) is 23.7 Å². The number of nitrogens with one attached hydrogen (secondary N) is 1. The molecule has 1 fully saturated rings. The Balaban J connectivity index is 1.81. The highest BCUT2D eigenvalue weighted by Gasteiger charge is 2.22. The van der Waals surface area contributed by atoms with Crippen molar-refractivity contribution in [2.45, 2.75) is 23.8 Å². The van der Waals surface area contributed by atoms with Crippen molar-refractivity contribution in [3.05, 3.63) is 29.3 Å². The van der Waals surface area contributed by atoms with E-state index in [0.717, 1.165) is 17.7 Å². The Kier molecular flexibility index (Phi) is 3.54. The van der Waals surface area contributed by atoms with Crippen LogP contribution in [0.5, 0.6) is 0 Å². The average Bonchev–Trinajstić information content (AvgIpc) is 3.00. The summed E-state index contributed by atoms with van der Waals surface area (Å²) in [6.45, 7) is 0. The van der Waals surface area contributed by atoms with E-state index < -0.39 is 0 Å². The maximum atomic E-state index is 11.4. The minimum absolute atomic E-state index is 0.0995. The minimum Gasteiger partial charge on any atom is -0.353 e. The Morgan fingerprint density at radius 2 is 2.20 bits per heavy atom. The van der Waals surface area contributed by atoms with E-state index in [2.05, 4.69) is 5.32 Å². The summed E-state index contributed by atoms with van der Waals surface area (Å²) in [7, 11) is 0. The van der Waals surface area contributed by atoms with E-state index in [1.807, 2.05) is 24.3 Å². The van der Waals surface area contributed by atoms with Gasteiger partial charge in [-0.25, -0.2) is 0 Å². The van der Waals surface area contributed by atoms with Gasteiger partial charge in [0.1, 0.15) is 0 Å². The molecule has 1 aliphatic rings. The van der Waals surface area contributed by atoms with E-state index in [0.29, 0.717) is 16.8 Å². The molecule has 0 saturated heterocycles. The van der Waals surface area contributed by atoms with Gasteiger partial charge in [0.15, 0.2) is 0 Å². The zero-order valence-electron chi connectivity index (χ0n) is 8.20. The van der Waals surface area contributed by atoms with Gasteiger partial charge in [0, 0.05) is 10.9 Å². The van der Waals surface area contributed by atoms with Crippen LogP contribution in [0, 0.1) is 0 Å². The van der Waals surface area contributed by atoms with E-state index in [1.54, 1.807) is 0 Å². The summed E-state index contributed by atoms with van der Waals surface area (Å²) in [5.74, 6) is 0.544. The fourth-order valence-corrected chi connectivity index (χ4v) is 2.25. The molecule has 15 heavy (non-hydrogen) atoms. The van der Waals surface area contributed by atoms with E-state index >= 15 is 0 Å². The molecule has 2 nitrogen and oxygen atoms in total. The first-order valence-electron chi connectivity index (χ1n) is 4.92. The number of carbonyl (C=O) groups is 1. The average molecular weight is 242 g/mol. The predicted molar refractivity (Wildman–Crippen MR) is 63.3 cm³/mol. The molecule has 1 saturated carbocycles. The summed E-state index contributed by atoms with van der Waals surface area (Å²) >= 11 is 7.45. The second-order valence-corrected chi connectivity index (χ2v) is 4.99. The van der Waals surface area contributed by atoms with Crippen molar-refractivity contribution in [2.75, 3.05) is 5.75 Å². The standard InChI is InChI=1S/C11H12ClNOS/c12-9-3-1-2-4-10(9)15-7-11(14)13-8-5-6-8/h1-4,8H,5-7H2,(H,13,14). The number of carbonyl (C=O) groups excluding carboxylic acids is 1. The Morgan fingerprint density at radius 3 is 2.87 bits per heavy atom. The summed E-state index contributed by atoms with van der Waals surface area (Å²) in [5.41, 5.74) is 0. The van der Waals surface area contributed by atoms with E-state index in [-0.39, 0.29) is 5.91 Å². The number of amides is 1. The first-order chi connectivity index (χ1) is 7.25. The molecule has 2 rings (SSSR count). The molecule has 1 N–H and O–H groups in total. The lowest BCUT2D eigenvalue weighted by molar-refractivity contribution is -0.118. The number of rotatable bonds is 4. The Bertz CT molecular complexity index is 365. The van der Waals surface area contributed by atoms with Crippen LogP contribution in [0.3, 0.4) is 0 Å². The molecule has 1 amide bonds. The van der Waals surface area contributed by atoms with Crippen LogP contribution in [0.15, 0.2) is 29.2 Å². The summed E-state index contributed by atoms with van der Waals surface area (Å²) in [6, 6.07) is 8.01. The third-order valence-electron chi connectivity index (χ3n) is 2.14. The molecule has 1 aliphatic carbocycles. The second kappa shape index (κ2) is 4.90. The molecular formula is C11H12ClNOS. The largest absolute Gasteiger partial charge is 0.353 e. The van der Waals surface area contributed by atoms with Gasteiger partial charge in [-0.05, 0) is 25.0 Å². The molecular weight excluding hydrogens is 230 g/mol. The van der Waals surface area contributed by atoms with Gasteiger partial charge in [-0.15, -0.1) is 11.8 Å². The number of halogens is 1. The molecule has 1 aromatic carbocycles.